The Hall–Kier alpha value is -2.61. The molecule has 0 amide bonds. The lowest BCUT2D eigenvalue weighted by molar-refractivity contribution is 0.283. The van der Waals surface area contributed by atoms with Crippen molar-refractivity contribution in [2.24, 2.45) is 9.98 Å². The molecule has 1 heterocycles. The molecule has 0 bridgehead atoms. The highest BCUT2D eigenvalue weighted by Crippen LogP contribution is 2.19. The minimum Gasteiger partial charge on any atom is -0.494 e. The summed E-state index contributed by atoms with van der Waals surface area (Å²) in [6.07, 6.45) is 9.62. The highest BCUT2D eigenvalue weighted by atomic mass is 19.1. The number of piperidine rings is 1. The van der Waals surface area contributed by atoms with Gasteiger partial charge in [-0.3, -0.25) is 4.99 Å². The van der Waals surface area contributed by atoms with E-state index < -0.39 is 0 Å². The number of guanidine groups is 1. The van der Waals surface area contributed by atoms with Gasteiger partial charge in [0, 0.05) is 19.1 Å². The molecule has 1 aliphatic heterocycles. The van der Waals surface area contributed by atoms with Crippen LogP contribution in [0.2, 0.25) is 0 Å². The number of amidine groups is 1. The summed E-state index contributed by atoms with van der Waals surface area (Å²) in [5.74, 6) is 1.99. The van der Waals surface area contributed by atoms with E-state index >= 15 is 0 Å². The third kappa shape index (κ3) is 8.01. The molecule has 188 valence electrons. The predicted octanol–water partition coefficient (Wildman–Crippen LogP) is 4.17. The van der Waals surface area contributed by atoms with Crippen LogP contribution in [0, 0.1) is 5.82 Å². The van der Waals surface area contributed by atoms with Crippen molar-refractivity contribution in [2.45, 2.75) is 76.9 Å². The number of hydrogen-bond acceptors (Lipinski definition) is 4. The molecule has 0 aromatic heterocycles. The van der Waals surface area contributed by atoms with Gasteiger partial charge in [-0.15, -0.1) is 0 Å². The quantitative estimate of drug-likeness (QED) is 0.316. The summed E-state index contributed by atoms with van der Waals surface area (Å²) >= 11 is 0. The van der Waals surface area contributed by atoms with Gasteiger partial charge in [-0.1, -0.05) is 38.3 Å². The number of hydrogen-bond donors (Lipinski definition) is 3. The second kappa shape index (κ2) is 13.3. The number of halogens is 1. The van der Waals surface area contributed by atoms with Crippen molar-refractivity contribution in [3.8, 4) is 5.75 Å². The molecular formula is C26H41FN6O. The zero-order valence-corrected chi connectivity index (χ0v) is 21.0. The van der Waals surface area contributed by atoms with E-state index in [1.165, 1.54) is 51.7 Å². The van der Waals surface area contributed by atoms with Gasteiger partial charge >= 0.3 is 0 Å². The molecule has 0 unspecified atom stereocenters. The Labute approximate surface area is 204 Å². The van der Waals surface area contributed by atoms with E-state index in [9.17, 15) is 4.39 Å². The van der Waals surface area contributed by atoms with Gasteiger partial charge < -0.3 is 25.6 Å². The molecule has 3 N–H and O–H groups in total. The SMILES string of the molecule is C=C(NC(=NC(C)=NCc1ccc(OC)c(F)c1)N(C)C1CCNCC1)NC1CCCCCC1. The van der Waals surface area contributed by atoms with Gasteiger partial charge in [0.1, 0.15) is 5.84 Å². The lowest BCUT2D eigenvalue weighted by Gasteiger charge is -2.34. The number of methoxy groups -OCH3 is 1. The molecule has 7 nitrogen and oxygen atoms in total. The van der Waals surface area contributed by atoms with E-state index in [1.807, 2.05) is 13.0 Å². The highest BCUT2D eigenvalue weighted by Gasteiger charge is 2.22. The predicted molar refractivity (Wildman–Crippen MR) is 138 cm³/mol. The van der Waals surface area contributed by atoms with Crippen LogP contribution in [0.3, 0.4) is 0 Å². The van der Waals surface area contributed by atoms with Crippen molar-refractivity contribution in [2.75, 3.05) is 27.2 Å². The van der Waals surface area contributed by atoms with E-state index in [0.29, 0.717) is 24.5 Å². The van der Waals surface area contributed by atoms with Crippen LogP contribution in [0.1, 0.15) is 63.9 Å². The number of rotatable bonds is 7. The van der Waals surface area contributed by atoms with Crippen LogP contribution in [0.25, 0.3) is 0 Å². The van der Waals surface area contributed by atoms with E-state index in [1.54, 1.807) is 6.07 Å². The lowest BCUT2D eigenvalue weighted by atomic mass is 10.1. The number of ether oxygens (including phenoxy) is 1. The first kappa shape index (κ1) is 26.0. The van der Waals surface area contributed by atoms with Gasteiger partial charge in [-0.2, -0.15) is 0 Å². The molecule has 1 aliphatic carbocycles. The molecule has 1 saturated carbocycles. The maximum absolute atomic E-state index is 14.0. The summed E-state index contributed by atoms with van der Waals surface area (Å²) in [5.41, 5.74) is 0.772. The molecule has 1 aromatic carbocycles. The van der Waals surface area contributed by atoms with Crippen LogP contribution in [-0.4, -0.2) is 56.0 Å². The Morgan fingerprint density at radius 1 is 1.18 bits per heavy atom. The zero-order chi connectivity index (χ0) is 24.3. The number of benzene rings is 1. The molecule has 0 atom stereocenters. The zero-order valence-electron chi connectivity index (χ0n) is 21.0. The Bertz CT molecular complexity index is 857. The Morgan fingerprint density at radius 3 is 2.53 bits per heavy atom. The van der Waals surface area contributed by atoms with Crippen LogP contribution in [0.5, 0.6) is 5.75 Å². The fourth-order valence-electron chi connectivity index (χ4n) is 4.61. The molecule has 1 aromatic rings. The van der Waals surface area contributed by atoms with E-state index in [4.69, 9.17) is 9.73 Å². The highest BCUT2D eigenvalue weighted by molar-refractivity contribution is 5.95. The minimum absolute atomic E-state index is 0.234. The molecule has 2 fully saturated rings. The van der Waals surface area contributed by atoms with Crippen LogP contribution >= 0.6 is 0 Å². The van der Waals surface area contributed by atoms with E-state index in [2.05, 4.69) is 39.5 Å². The lowest BCUT2D eigenvalue weighted by Crippen LogP contribution is -2.50. The summed E-state index contributed by atoms with van der Waals surface area (Å²) < 4.78 is 19.0. The van der Waals surface area contributed by atoms with Gasteiger partial charge in [0.2, 0.25) is 5.96 Å². The van der Waals surface area contributed by atoms with Crippen LogP contribution in [0.4, 0.5) is 4.39 Å². The first-order valence-electron chi connectivity index (χ1n) is 12.5. The monoisotopic (exact) mass is 472 g/mol. The van der Waals surface area contributed by atoms with Crippen molar-refractivity contribution < 1.29 is 9.13 Å². The average molecular weight is 473 g/mol. The fraction of sp³-hybridized carbons (Fsp3) is 0.615. The second-order valence-corrected chi connectivity index (χ2v) is 9.30. The maximum atomic E-state index is 14.0. The van der Waals surface area contributed by atoms with Gasteiger partial charge in [-0.25, -0.2) is 9.38 Å². The van der Waals surface area contributed by atoms with E-state index in [0.717, 1.165) is 43.3 Å². The Morgan fingerprint density at radius 2 is 1.88 bits per heavy atom. The van der Waals surface area contributed by atoms with Gasteiger partial charge in [0.05, 0.1) is 19.5 Å². The smallest absolute Gasteiger partial charge is 0.205 e. The number of nitrogens with zero attached hydrogens (tertiary/aromatic N) is 3. The molecule has 0 radical (unpaired) electrons. The topological polar surface area (TPSA) is 73.3 Å². The maximum Gasteiger partial charge on any atom is 0.205 e. The first-order chi connectivity index (χ1) is 16.5. The minimum atomic E-state index is -0.384. The third-order valence-corrected chi connectivity index (χ3v) is 6.66. The molecule has 34 heavy (non-hydrogen) atoms. The van der Waals surface area contributed by atoms with Crippen molar-refractivity contribution in [1.29, 1.82) is 0 Å². The van der Waals surface area contributed by atoms with Crippen molar-refractivity contribution in [3.63, 3.8) is 0 Å². The van der Waals surface area contributed by atoms with Crippen molar-refractivity contribution in [1.82, 2.24) is 20.9 Å². The molecular weight excluding hydrogens is 431 g/mol. The van der Waals surface area contributed by atoms with Gasteiger partial charge in [0.15, 0.2) is 11.6 Å². The van der Waals surface area contributed by atoms with Crippen molar-refractivity contribution >= 4 is 11.8 Å². The Kier molecular flexibility index (Phi) is 10.2. The van der Waals surface area contributed by atoms with Gasteiger partial charge in [0.25, 0.3) is 0 Å². The summed E-state index contributed by atoms with van der Waals surface area (Å²) in [6.45, 7) is 8.46. The van der Waals surface area contributed by atoms with Crippen LogP contribution in [0.15, 0.2) is 40.6 Å². The molecule has 0 spiro atoms. The molecule has 8 heteroatoms. The van der Waals surface area contributed by atoms with Crippen LogP contribution in [-0.2, 0) is 6.54 Å². The largest absolute Gasteiger partial charge is 0.494 e. The Balaban J connectivity index is 1.70. The normalized spacial score (nSPS) is 18.8. The number of aliphatic imine (C=N–C) groups is 2. The summed E-state index contributed by atoms with van der Waals surface area (Å²) in [5, 5.41) is 10.4. The van der Waals surface area contributed by atoms with Crippen molar-refractivity contribution in [3.05, 3.63) is 42.0 Å². The summed E-state index contributed by atoms with van der Waals surface area (Å²) in [6, 6.07) is 5.74. The standard InChI is InChI=1S/C26H41FN6O/c1-19(29-18-21-11-12-25(34-4)24(27)17-21)31-26(33(3)23-13-15-28-16-14-23)32-20(2)30-22-9-7-5-6-8-10-22/h11-12,17,22-23,28,30H,2,5-10,13-16,18H2,1,3-4H3,(H,29,31,32). The average Bonchev–Trinajstić information content (AvgIpc) is 3.11. The summed E-state index contributed by atoms with van der Waals surface area (Å²) in [4.78, 5) is 11.6. The second-order valence-electron chi connectivity index (χ2n) is 9.30. The summed E-state index contributed by atoms with van der Waals surface area (Å²) in [7, 11) is 3.54. The third-order valence-electron chi connectivity index (χ3n) is 6.66. The van der Waals surface area contributed by atoms with Gasteiger partial charge in [-0.05, 0) is 63.4 Å². The van der Waals surface area contributed by atoms with E-state index in [-0.39, 0.29) is 11.6 Å². The first-order valence-corrected chi connectivity index (χ1v) is 12.5. The molecule has 3 rings (SSSR count). The molecule has 2 aliphatic rings. The molecule has 1 saturated heterocycles. The number of nitrogens with one attached hydrogen (secondary N) is 3. The fourth-order valence-corrected chi connectivity index (χ4v) is 4.61. The van der Waals surface area contributed by atoms with Crippen LogP contribution < -0.4 is 20.7 Å².